The molecule has 0 bridgehead atoms. The fourth-order valence-corrected chi connectivity index (χ4v) is 8.48. The van der Waals surface area contributed by atoms with Crippen molar-refractivity contribution in [1.82, 2.24) is 9.97 Å². The second-order valence-electron chi connectivity index (χ2n) is 11.9. The van der Waals surface area contributed by atoms with Crippen molar-refractivity contribution in [3.05, 3.63) is 73.1 Å². The Kier molecular flexibility index (Phi) is 11.4. The highest BCUT2D eigenvalue weighted by Gasteiger charge is 2.27. The number of hydrogen-bond donors (Lipinski definition) is 0. The van der Waals surface area contributed by atoms with Crippen LogP contribution in [0.3, 0.4) is 0 Å². The quantitative estimate of drug-likeness (QED) is 0.176. The van der Waals surface area contributed by atoms with Crippen LogP contribution >= 0.6 is 0 Å². The van der Waals surface area contributed by atoms with Crippen LogP contribution in [0.4, 0.5) is 0 Å². The predicted molar refractivity (Wildman–Crippen MR) is 181 cm³/mol. The largest absolute Gasteiger partial charge is 0.497 e. The smallest absolute Gasteiger partial charge is 0.212 e. The van der Waals surface area contributed by atoms with Gasteiger partial charge in [-0.15, -0.1) is 0 Å². The van der Waals surface area contributed by atoms with Crippen molar-refractivity contribution < 1.29 is 18.9 Å². The third-order valence-electron chi connectivity index (χ3n) is 6.70. The maximum atomic E-state index is 5.77. The van der Waals surface area contributed by atoms with Crippen LogP contribution in [0, 0.1) is 0 Å². The molecule has 0 saturated carbocycles. The number of nitrogens with zero attached hydrogens (tertiary/aromatic N) is 2. The first-order chi connectivity index (χ1) is 19.9. The van der Waals surface area contributed by atoms with Gasteiger partial charge < -0.3 is 18.9 Å². The predicted octanol–water partition coefficient (Wildman–Crippen LogP) is 7.40. The van der Waals surface area contributed by atoms with Crippen LogP contribution in [0.15, 0.2) is 73.1 Å². The molecule has 0 radical (unpaired) electrons. The molecular weight excluding hydrogens is 557 g/mol. The maximum Gasteiger partial charge on any atom is 0.212 e. The molecule has 2 heterocycles. The molecule has 0 amide bonds. The second kappa shape index (κ2) is 14.5. The highest BCUT2D eigenvalue weighted by atomic mass is 28.3. The second-order valence-corrected chi connectivity index (χ2v) is 21.9. The summed E-state index contributed by atoms with van der Waals surface area (Å²) >= 11 is 0. The number of methoxy groups -OCH3 is 2. The van der Waals surface area contributed by atoms with Crippen molar-refractivity contribution in [2.45, 2.75) is 53.1 Å². The summed E-state index contributed by atoms with van der Waals surface area (Å²) in [5, 5.41) is 2.55. The van der Waals surface area contributed by atoms with Gasteiger partial charge in [0.15, 0.2) is 0 Å². The molecule has 0 aliphatic carbocycles. The number of aromatic nitrogens is 2. The van der Waals surface area contributed by atoms with Crippen LogP contribution in [0.1, 0.15) is 13.8 Å². The Morgan fingerprint density at radius 1 is 0.524 bits per heavy atom. The number of pyridine rings is 2. The topological polar surface area (TPSA) is 62.7 Å². The molecule has 0 aliphatic heterocycles. The van der Waals surface area contributed by atoms with Crippen LogP contribution in [0.25, 0.3) is 22.3 Å². The lowest BCUT2D eigenvalue weighted by atomic mass is 10.1. The Bertz CT molecular complexity index is 1320. The van der Waals surface area contributed by atoms with E-state index in [9.17, 15) is 0 Å². The minimum Gasteiger partial charge on any atom is -0.497 e. The van der Waals surface area contributed by atoms with E-state index < -0.39 is 16.1 Å². The summed E-state index contributed by atoms with van der Waals surface area (Å²) in [6.07, 6.45) is 3.66. The van der Waals surface area contributed by atoms with Crippen molar-refractivity contribution in [2.24, 2.45) is 0 Å². The Morgan fingerprint density at radius 2 is 0.857 bits per heavy atom. The minimum absolute atomic E-state index is 0.635. The van der Waals surface area contributed by atoms with E-state index in [1.54, 1.807) is 14.2 Å². The first-order valence-corrected chi connectivity index (χ1v) is 21.5. The zero-order chi connectivity index (χ0) is 30.9. The van der Waals surface area contributed by atoms with Gasteiger partial charge in [-0.3, -0.25) is 0 Å². The summed E-state index contributed by atoms with van der Waals surface area (Å²) < 4.78 is 22.0. The van der Waals surface area contributed by atoms with Crippen LogP contribution in [0.2, 0.25) is 39.3 Å². The van der Waals surface area contributed by atoms with Crippen molar-refractivity contribution >= 4 is 26.5 Å². The summed E-state index contributed by atoms with van der Waals surface area (Å²) in [4.78, 5) is 8.89. The van der Waals surface area contributed by atoms with Crippen molar-refractivity contribution in [1.29, 1.82) is 0 Å². The van der Waals surface area contributed by atoms with Gasteiger partial charge in [0.05, 0.1) is 43.6 Å². The monoisotopic (exact) mass is 602 g/mol. The molecule has 0 unspecified atom stereocenters. The lowest BCUT2D eigenvalue weighted by Gasteiger charge is -2.23. The average Bonchev–Trinajstić information content (AvgIpc) is 2.96. The van der Waals surface area contributed by atoms with Gasteiger partial charge in [0.25, 0.3) is 0 Å². The zero-order valence-corrected chi connectivity index (χ0v) is 28.9. The van der Waals surface area contributed by atoms with Crippen LogP contribution in [-0.4, -0.2) is 53.5 Å². The Balaban J connectivity index is 0.000000230. The normalized spacial score (nSPS) is 11.3. The fraction of sp³-hybridized carbons (Fsp3) is 0.353. The van der Waals surface area contributed by atoms with Gasteiger partial charge >= 0.3 is 0 Å². The molecule has 2 aromatic carbocycles. The van der Waals surface area contributed by atoms with E-state index in [0.717, 1.165) is 23.3 Å². The molecular formula is C34H46N2O4Si2. The lowest BCUT2D eigenvalue weighted by Crippen LogP contribution is -2.40. The SMILES string of the molecule is CCOc1nccc(-c2ccc(OC)cc2)c1[Si](C)(C)C.CCOc1nccc(-c2ccc(OC)cc2)c1[Si](C)(C)C. The van der Waals surface area contributed by atoms with E-state index in [1.165, 1.54) is 32.6 Å². The van der Waals surface area contributed by atoms with Crippen LogP contribution in [-0.2, 0) is 0 Å². The molecule has 4 rings (SSSR count). The van der Waals surface area contributed by atoms with Gasteiger partial charge in [0.2, 0.25) is 11.8 Å². The summed E-state index contributed by atoms with van der Waals surface area (Å²) in [5.41, 5.74) is 4.79. The minimum atomic E-state index is -1.58. The Morgan fingerprint density at radius 3 is 1.12 bits per heavy atom. The first-order valence-electron chi connectivity index (χ1n) is 14.5. The van der Waals surface area contributed by atoms with E-state index in [1.807, 2.05) is 50.5 Å². The summed E-state index contributed by atoms with van der Waals surface area (Å²) in [5.74, 6) is 3.30. The zero-order valence-electron chi connectivity index (χ0n) is 26.9. The van der Waals surface area contributed by atoms with Crippen LogP contribution < -0.4 is 29.3 Å². The molecule has 42 heavy (non-hydrogen) atoms. The van der Waals surface area contributed by atoms with Gasteiger partial charge in [-0.1, -0.05) is 63.5 Å². The van der Waals surface area contributed by atoms with Gasteiger partial charge in [0.1, 0.15) is 11.5 Å². The summed E-state index contributed by atoms with van der Waals surface area (Å²) in [6, 6.07) is 20.5. The summed E-state index contributed by atoms with van der Waals surface area (Å²) in [7, 11) is 0.199. The van der Waals surface area contributed by atoms with E-state index in [4.69, 9.17) is 18.9 Å². The molecule has 224 valence electrons. The lowest BCUT2D eigenvalue weighted by molar-refractivity contribution is 0.329. The van der Waals surface area contributed by atoms with Gasteiger partial charge in [0, 0.05) is 22.8 Å². The average molecular weight is 603 g/mol. The highest BCUT2D eigenvalue weighted by molar-refractivity contribution is 6.90. The van der Waals surface area contributed by atoms with Crippen molar-refractivity contribution in [3.8, 4) is 45.5 Å². The standard InChI is InChI=1S/2C17H23NO2Si/c2*1-6-20-17-16(21(3,4)5)15(11-12-18-17)13-7-9-14(19-2)10-8-13/h2*7-12H,6H2,1-5H3. The number of hydrogen-bond acceptors (Lipinski definition) is 6. The maximum absolute atomic E-state index is 5.77. The van der Waals surface area contributed by atoms with Crippen LogP contribution in [0.5, 0.6) is 23.3 Å². The van der Waals surface area contributed by atoms with Gasteiger partial charge in [-0.2, -0.15) is 0 Å². The van der Waals surface area contributed by atoms with Crippen molar-refractivity contribution in [3.63, 3.8) is 0 Å². The Labute approximate surface area is 254 Å². The molecule has 2 aromatic heterocycles. The molecule has 0 N–H and O–H groups in total. The molecule has 0 atom stereocenters. The van der Waals surface area contributed by atoms with Gasteiger partial charge in [-0.05, 0) is 72.5 Å². The molecule has 4 aromatic rings. The number of rotatable bonds is 10. The highest BCUT2D eigenvalue weighted by Crippen LogP contribution is 2.27. The number of ether oxygens (including phenoxy) is 4. The molecule has 0 spiro atoms. The molecule has 6 nitrogen and oxygen atoms in total. The molecule has 0 fully saturated rings. The van der Waals surface area contributed by atoms with E-state index in [-0.39, 0.29) is 0 Å². The van der Waals surface area contributed by atoms with E-state index >= 15 is 0 Å². The van der Waals surface area contributed by atoms with Crippen molar-refractivity contribution in [2.75, 3.05) is 27.4 Å². The number of benzene rings is 2. The fourth-order valence-electron chi connectivity index (χ4n) is 4.85. The third-order valence-corrected chi connectivity index (χ3v) is 10.7. The van der Waals surface area contributed by atoms with Gasteiger partial charge in [-0.25, -0.2) is 9.97 Å². The third kappa shape index (κ3) is 8.23. The molecule has 0 aliphatic rings. The van der Waals surface area contributed by atoms with E-state index in [0.29, 0.717) is 13.2 Å². The first kappa shape index (κ1) is 32.9. The molecule has 0 saturated heterocycles. The molecule has 8 heteroatoms. The summed E-state index contributed by atoms with van der Waals surface area (Å²) in [6.45, 7) is 19.2. The van der Waals surface area contributed by atoms with E-state index in [2.05, 4.69) is 85.6 Å². The Hall–Kier alpha value is -3.63.